The molecule has 0 saturated carbocycles. The molecule has 1 aromatic carbocycles. The number of halogens is 1. The Kier molecular flexibility index (Phi) is 9.48. The zero-order valence-electron chi connectivity index (χ0n) is 13.2. The molecule has 0 fully saturated rings. The standard InChI is InChI=1S/C16H19N3O2S2.ClH/c1-17-8-9-18-16(21)12-4-6-13(7-5-12)19-14(20)11-23-15-3-2-10-22-15;/h2-7,10,17H,8-9,11H2,1H3,(H,18,21)(H,19,20);1H. The lowest BCUT2D eigenvalue weighted by molar-refractivity contribution is -0.113. The van der Waals surface area contributed by atoms with Gasteiger partial charge in [-0.2, -0.15) is 0 Å². The van der Waals surface area contributed by atoms with E-state index >= 15 is 0 Å². The molecule has 0 aliphatic carbocycles. The number of hydrogen-bond acceptors (Lipinski definition) is 5. The van der Waals surface area contributed by atoms with Crippen molar-refractivity contribution in [2.45, 2.75) is 4.21 Å². The van der Waals surface area contributed by atoms with Crippen LogP contribution in [0.2, 0.25) is 0 Å². The minimum Gasteiger partial charge on any atom is -0.351 e. The maximum Gasteiger partial charge on any atom is 0.251 e. The first-order chi connectivity index (χ1) is 11.2. The van der Waals surface area contributed by atoms with Crippen molar-refractivity contribution in [3.8, 4) is 0 Å². The largest absolute Gasteiger partial charge is 0.351 e. The predicted molar refractivity (Wildman–Crippen MR) is 104 cm³/mol. The fourth-order valence-electron chi connectivity index (χ4n) is 1.79. The molecule has 0 spiro atoms. The molecule has 2 rings (SSSR count). The van der Waals surface area contributed by atoms with Gasteiger partial charge < -0.3 is 16.0 Å². The van der Waals surface area contributed by atoms with E-state index in [1.165, 1.54) is 11.8 Å². The van der Waals surface area contributed by atoms with Crippen molar-refractivity contribution in [3.05, 3.63) is 47.3 Å². The van der Waals surface area contributed by atoms with E-state index < -0.39 is 0 Å². The number of nitrogens with one attached hydrogen (secondary N) is 3. The number of carbonyl (C=O) groups excluding carboxylic acids is 2. The van der Waals surface area contributed by atoms with Gasteiger partial charge in [-0.1, -0.05) is 6.07 Å². The minimum absolute atomic E-state index is 0. The van der Waals surface area contributed by atoms with Gasteiger partial charge in [0.15, 0.2) is 0 Å². The maximum atomic E-state index is 11.9. The van der Waals surface area contributed by atoms with E-state index in [0.29, 0.717) is 23.5 Å². The Balaban J connectivity index is 0.00000288. The fraction of sp³-hybridized carbons (Fsp3) is 0.250. The molecule has 3 N–H and O–H groups in total. The van der Waals surface area contributed by atoms with Crippen molar-refractivity contribution in [2.75, 3.05) is 31.2 Å². The highest BCUT2D eigenvalue weighted by atomic mass is 35.5. The van der Waals surface area contributed by atoms with Gasteiger partial charge in [0.2, 0.25) is 5.91 Å². The molecule has 24 heavy (non-hydrogen) atoms. The van der Waals surface area contributed by atoms with Crippen LogP contribution >= 0.6 is 35.5 Å². The van der Waals surface area contributed by atoms with Gasteiger partial charge in [0.05, 0.1) is 9.96 Å². The van der Waals surface area contributed by atoms with Gasteiger partial charge in [0.25, 0.3) is 5.91 Å². The lowest BCUT2D eigenvalue weighted by Crippen LogP contribution is -2.30. The average molecular weight is 386 g/mol. The smallest absolute Gasteiger partial charge is 0.251 e. The zero-order chi connectivity index (χ0) is 16.5. The highest BCUT2D eigenvalue weighted by Crippen LogP contribution is 2.23. The molecule has 2 aromatic rings. The molecular formula is C16H20ClN3O2S2. The first kappa shape index (κ1) is 20.5. The number of thioether (sulfide) groups is 1. The summed E-state index contributed by atoms with van der Waals surface area (Å²) in [5, 5.41) is 10.6. The molecule has 0 aliphatic rings. The predicted octanol–water partition coefficient (Wildman–Crippen LogP) is 2.85. The molecule has 0 radical (unpaired) electrons. The van der Waals surface area contributed by atoms with Gasteiger partial charge in [-0.15, -0.1) is 35.5 Å². The minimum atomic E-state index is -0.119. The third-order valence-electron chi connectivity index (χ3n) is 2.93. The van der Waals surface area contributed by atoms with Crippen molar-refractivity contribution in [2.24, 2.45) is 0 Å². The summed E-state index contributed by atoms with van der Waals surface area (Å²) in [6, 6.07) is 10.8. The number of likely N-dealkylation sites (N-methyl/N-ethyl adjacent to an activating group) is 1. The van der Waals surface area contributed by atoms with Crippen LogP contribution in [0.3, 0.4) is 0 Å². The first-order valence-corrected chi connectivity index (χ1v) is 9.04. The van der Waals surface area contributed by atoms with Crippen molar-refractivity contribution in [3.63, 3.8) is 0 Å². The molecule has 0 saturated heterocycles. The molecule has 1 aromatic heterocycles. The Morgan fingerprint density at radius 1 is 1.12 bits per heavy atom. The summed E-state index contributed by atoms with van der Waals surface area (Å²) in [6.45, 7) is 1.30. The van der Waals surface area contributed by atoms with Crippen LogP contribution in [-0.4, -0.2) is 37.7 Å². The number of benzene rings is 1. The lowest BCUT2D eigenvalue weighted by Gasteiger charge is -2.07. The van der Waals surface area contributed by atoms with Crippen molar-refractivity contribution < 1.29 is 9.59 Å². The second kappa shape index (κ2) is 11.1. The molecule has 0 aliphatic heterocycles. The van der Waals surface area contributed by atoms with Crippen LogP contribution in [0.15, 0.2) is 46.0 Å². The molecule has 0 atom stereocenters. The highest BCUT2D eigenvalue weighted by Gasteiger charge is 2.07. The van der Waals surface area contributed by atoms with Crippen LogP contribution in [0.25, 0.3) is 0 Å². The Hall–Kier alpha value is -1.54. The number of thiophene rings is 1. The summed E-state index contributed by atoms with van der Waals surface area (Å²) >= 11 is 3.13. The van der Waals surface area contributed by atoms with Gasteiger partial charge in [-0.3, -0.25) is 9.59 Å². The van der Waals surface area contributed by atoms with E-state index in [0.717, 1.165) is 10.8 Å². The van der Waals surface area contributed by atoms with Crippen LogP contribution in [-0.2, 0) is 4.79 Å². The normalized spacial score (nSPS) is 9.88. The average Bonchev–Trinajstić information content (AvgIpc) is 3.07. The molecule has 130 valence electrons. The quantitative estimate of drug-likeness (QED) is 0.482. The van der Waals surface area contributed by atoms with Crippen molar-refractivity contribution in [1.29, 1.82) is 0 Å². The van der Waals surface area contributed by atoms with E-state index in [-0.39, 0.29) is 24.2 Å². The van der Waals surface area contributed by atoms with Crippen LogP contribution in [0.5, 0.6) is 0 Å². The second-order valence-electron chi connectivity index (χ2n) is 4.71. The lowest BCUT2D eigenvalue weighted by atomic mass is 10.2. The zero-order valence-corrected chi connectivity index (χ0v) is 15.7. The summed E-state index contributed by atoms with van der Waals surface area (Å²) in [5.41, 5.74) is 1.26. The van der Waals surface area contributed by atoms with Crippen LogP contribution in [0, 0.1) is 0 Å². The number of hydrogen-bond donors (Lipinski definition) is 3. The summed E-state index contributed by atoms with van der Waals surface area (Å²) in [6.07, 6.45) is 0. The third-order valence-corrected chi connectivity index (χ3v) is 5.06. The molecule has 1 heterocycles. The summed E-state index contributed by atoms with van der Waals surface area (Å²) in [4.78, 5) is 23.7. The summed E-state index contributed by atoms with van der Waals surface area (Å²) in [5.74, 6) is 0.188. The number of anilines is 1. The molecular weight excluding hydrogens is 366 g/mol. The van der Waals surface area contributed by atoms with E-state index in [1.54, 1.807) is 35.6 Å². The maximum absolute atomic E-state index is 11.9. The van der Waals surface area contributed by atoms with Crippen LogP contribution in [0.4, 0.5) is 5.69 Å². The Bertz CT molecular complexity index is 633. The van der Waals surface area contributed by atoms with Crippen LogP contribution < -0.4 is 16.0 Å². The van der Waals surface area contributed by atoms with E-state index in [4.69, 9.17) is 0 Å². The molecule has 5 nitrogen and oxygen atoms in total. The van der Waals surface area contributed by atoms with Crippen LogP contribution in [0.1, 0.15) is 10.4 Å². The topological polar surface area (TPSA) is 70.2 Å². The Morgan fingerprint density at radius 3 is 2.50 bits per heavy atom. The monoisotopic (exact) mass is 385 g/mol. The SMILES string of the molecule is CNCCNC(=O)c1ccc(NC(=O)CSc2cccs2)cc1.Cl. The van der Waals surface area contributed by atoms with E-state index in [9.17, 15) is 9.59 Å². The fourth-order valence-corrected chi connectivity index (χ4v) is 3.37. The van der Waals surface area contributed by atoms with Crippen molar-refractivity contribution in [1.82, 2.24) is 10.6 Å². The summed E-state index contributed by atoms with van der Waals surface area (Å²) < 4.78 is 1.12. The molecule has 0 bridgehead atoms. The van der Waals surface area contributed by atoms with Gasteiger partial charge >= 0.3 is 0 Å². The molecule has 8 heteroatoms. The van der Waals surface area contributed by atoms with E-state index in [2.05, 4.69) is 16.0 Å². The van der Waals surface area contributed by atoms with Gasteiger partial charge in [0, 0.05) is 24.3 Å². The first-order valence-electron chi connectivity index (χ1n) is 7.18. The number of carbonyl (C=O) groups is 2. The molecule has 2 amide bonds. The van der Waals surface area contributed by atoms with E-state index in [1.807, 2.05) is 24.6 Å². The number of amides is 2. The Labute approximate surface area is 156 Å². The van der Waals surface area contributed by atoms with Crippen molar-refractivity contribution >= 4 is 53.0 Å². The summed E-state index contributed by atoms with van der Waals surface area (Å²) in [7, 11) is 1.83. The highest BCUT2D eigenvalue weighted by molar-refractivity contribution is 8.01. The van der Waals surface area contributed by atoms with Gasteiger partial charge in [-0.05, 0) is 42.8 Å². The third kappa shape index (κ3) is 6.92. The number of rotatable bonds is 8. The second-order valence-corrected chi connectivity index (χ2v) is 6.93. The molecule has 0 unspecified atom stereocenters. The van der Waals surface area contributed by atoms with Gasteiger partial charge in [-0.25, -0.2) is 0 Å². The Morgan fingerprint density at radius 2 is 1.88 bits per heavy atom. The van der Waals surface area contributed by atoms with Gasteiger partial charge in [0.1, 0.15) is 0 Å².